The van der Waals surface area contributed by atoms with E-state index in [1.54, 1.807) is 13.8 Å². The lowest BCUT2D eigenvalue weighted by molar-refractivity contribution is -0.138. The molecule has 0 bridgehead atoms. The van der Waals surface area contributed by atoms with Gasteiger partial charge in [0.25, 0.3) is 0 Å². The summed E-state index contributed by atoms with van der Waals surface area (Å²) in [7, 11) is 0. The highest BCUT2D eigenvalue weighted by atomic mass is 19.4. The first-order valence-corrected chi connectivity index (χ1v) is 5.48. The molecule has 0 heterocycles. The van der Waals surface area contributed by atoms with E-state index in [-0.39, 0.29) is 12.4 Å². The maximum atomic E-state index is 12.5. The van der Waals surface area contributed by atoms with Crippen LogP contribution < -0.4 is 16.0 Å². The highest BCUT2D eigenvalue weighted by Crippen LogP contribution is 2.31. The van der Waals surface area contributed by atoms with E-state index >= 15 is 0 Å². The van der Waals surface area contributed by atoms with Gasteiger partial charge in [-0.15, -0.1) is 0 Å². The number of nitrogens with two attached hydrogens (primary N) is 1. The van der Waals surface area contributed by atoms with Crippen molar-refractivity contribution in [2.75, 3.05) is 6.61 Å². The Hall–Kier alpha value is -1.76. The Morgan fingerprint density at radius 3 is 2.53 bits per heavy atom. The molecule has 0 saturated carbocycles. The number of carbonyl (C=O) groups is 1. The summed E-state index contributed by atoms with van der Waals surface area (Å²) >= 11 is 0. The van der Waals surface area contributed by atoms with Gasteiger partial charge in [0.1, 0.15) is 12.4 Å². The molecule has 0 aliphatic rings. The van der Waals surface area contributed by atoms with E-state index in [9.17, 15) is 18.0 Å². The summed E-state index contributed by atoms with van der Waals surface area (Å²) in [4.78, 5) is 11.4. The Morgan fingerprint density at radius 2 is 2.00 bits per heavy atom. The van der Waals surface area contributed by atoms with Crippen LogP contribution in [0.3, 0.4) is 0 Å². The SMILES string of the molecule is CC(C)(COc1cccc(C(F)(F)F)c1)C(=O)NN. The van der Waals surface area contributed by atoms with E-state index in [2.05, 4.69) is 0 Å². The van der Waals surface area contributed by atoms with E-state index in [0.29, 0.717) is 0 Å². The molecule has 0 aromatic heterocycles. The standard InChI is InChI=1S/C12H15F3N2O2/c1-11(2,10(18)17-16)7-19-9-5-3-4-8(6-9)12(13,14)15/h3-6H,7,16H2,1-2H3,(H,17,18). The number of halogens is 3. The normalized spacial score (nSPS) is 12.1. The van der Waals surface area contributed by atoms with Gasteiger partial charge in [-0.3, -0.25) is 10.2 Å². The fraction of sp³-hybridized carbons (Fsp3) is 0.417. The highest BCUT2D eigenvalue weighted by Gasteiger charge is 2.31. The third-order valence-corrected chi connectivity index (χ3v) is 2.51. The number of benzene rings is 1. The number of alkyl halides is 3. The van der Waals surface area contributed by atoms with Gasteiger partial charge >= 0.3 is 6.18 Å². The predicted molar refractivity (Wildman–Crippen MR) is 63.1 cm³/mol. The molecule has 106 valence electrons. The van der Waals surface area contributed by atoms with Crippen molar-refractivity contribution in [1.29, 1.82) is 0 Å². The summed E-state index contributed by atoms with van der Waals surface area (Å²) in [5.41, 5.74) is 0.237. The Bertz CT molecular complexity index is 459. The maximum absolute atomic E-state index is 12.5. The zero-order valence-corrected chi connectivity index (χ0v) is 10.5. The topological polar surface area (TPSA) is 64.3 Å². The number of ether oxygens (including phenoxy) is 1. The van der Waals surface area contributed by atoms with Crippen LogP contribution in [0.4, 0.5) is 13.2 Å². The van der Waals surface area contributed by atoms with Crippen molar-refractivity contribution in [2.24, 2.45) is 11.3 Å². The van der Waals surface area contributed by atoms with E-state index < -0.39 is 23.1 Å². The van der Waals surface area contributed by atoms with Crippen molar-refractivity contribution in [2.45, 2.75) is 20.0 Å². The van der Waals surface area contributed by atoms with Crippen LogP contribution in [0.5, 0.6) is 5.75 Å². The monoisotopic (exact) mass is 276 g/mol. The maximum Gasteiger partial charge on any atom is 0.416 e. The number of rotatable bonds is 4. The molecule has 3 N–H and O–H groups in total. The van der Waals surface area contributed by atoms with Gasteiger partial charge in [-0.1, -0.05) is 6.07 Å². The average Bonchev–Trinajstić information content (AvgIpc) is 2.35. The lowest BCUT2D eigenvalue weighted by atomic mass is 9.94. The van der Waals surface area contributed by atoms with Crippen LogP contribution in [0.2, 0.25) is 0 Å². The van der Waals surface area contributed by atoms with Gasteiger partial charge in [0, 0.05) is 0 Å². The Kier molecular flexibility index (Phi) is 4.41. The van der Waals surface area contributed by atoms with Crippen molar-refractivity contribution >= 4 is 5.91 Å². The minimum Gasteiger partial charge on any atom is -0.492 e. The Labute approximate surface area is 108 Å². The summed E-state index contributed by atoms with van der Waals surface area (Å²) in [5, 5.41) is 0. The largest absolute Gasteiger partial charge is 0.492 e. The molecule has 1 amide bonds. The summed E-state index contributed by atoms with van der Waals surface area (Å²) in [6, 6.07) is 4.47. The Balaban J connectivity index is 2.77. The van der Waals surface area contributed by atoms with E-state index in [0.717, 1.165) is 12.1 Å². The van der Waals surface area contributed by atoms with Crippen LogP contribution in [-0.4, -0.2) is 12.5 Å². The predicted octanol–water partition coefficient (Wildman–Crippen LogP) is 2.10. The molecule has 1 aromatic carbocycles. The van der Waals surface area contributed by atoms with Crippen LogP contribution in [0.15, 0.2) is 24.3 Å². The van der Waals surface area contributed by atoms with Crippen LogP contribution in [-0.2, 0) is 11.0 Å². The first-order chi connectivity index (χ1) is 8.66. The Morgan fingerprint density at radius 1 is 1.37 bits per heavy atom. The summed E-state index contributed by atoms with van der Waals surface area (Å²) < 4.78 is 42.7. The molecule has 19 heavy (non-hydrogen) atoms. The lowest BCUT2D eigenvalue weighted by Gasteiger charge is -2.22. The molecule has 1 rings (SSSR count). The minimum atomic E-state index is -4.43. The van der Waals surface area contributed by atoms with Gasteiger partial charge in [-0.2, -0.15) is 13.2 Å². The number of hydrazine groups is 1. The molecule has 0 saturated heterocycles. The molecular weight excluding hydrogens is 261 g/mol. The molecule has 0 atom stereocenters. The van der Waals surface area contributed by atoms with Crippen LogP contribution >= 0.6 is 0 Å². The molecule has 0 radical (unpaired) electrons. The second-order valence-electron chi connectivity index (χ2n) is 4.67. The van der Waals surface area contributed by atoms with Crippen LogP contribution in [0.1, 0.15) is 19.4 Å². The number of carbonyl (C=O) groups excluding carboxylic acids is 1. The fourth-order valence-corrected chi connectivity index (χ4v) is 1.29. The van der Waals surface area contributed by atoms with Gasteiger partial charge < -0.3 is 4.74 Å². The molecule has 0 unspecified atom stereocenters. The average molecular weight is 276 g/mol. The second kappa shape index (κ2) is 5.48. The molecule has 0 fully saturated rings. The first-order valence-electron chi connectivity index (χ1n) is 5.48. The fourth-order valence-electron chi connectivity index (χ4n) is 1.29. The van der Waals surface area contributed by atoms with E-state index in [4.69, 9.17) is 10.6 Å². The smallest absolute Gasteiger partial charge is 0.416 e. The highest BCUT2D eigenvalue weighted by molar-refractivity contribution is 5.81. The number of hydrogen-bond donors (Lipinski definition) is 2. The molecule has 0 aliphatic heterocycles. The zero-order valence-electron chi connectivity index (χ0n) is 10.5. The molecular formula is C12H15F3N2O2. The summed E-state index contributed by atoms with van der Waals surface area (Å²) in [6.45, 7) is 3.06. The van der Waals surface area contributed by atoms with Crippen LogP contribution in [0.25, 0.3) is 0 Å². The van der Waals surface area contributed by atoms with Gasteiger partial charge in [0.15, 0.2) is 0 Å². The lowest BCUT2D eigenvalue weighted by Crippen LogP contribution is -2.44. The molecule has 1 aromatic rings. The molecule has 7 heteroatoms. The van der Waals surface area contributed by atoms with Crippen molar-refractivity contribution < 1.29 is 22.7 Å². The minimum absolute atomic E-state index is 0.0488. The van der Waals surface area contributed by atoms with Crippen LogP contribution in [0, 0.1) is 5.41 Å². The summed E-state index contributed by atoms with van der Waals surface area (Å²) in [6.07, 6.45) is -4.43. The zero-order chi connectivity index (χ0) is 14.7. The van der Waals surface area contributed by atoms with Gasteiger partial charge in [-0.25, -0.2) is 5.84 Å². The van der Waals surface area contributed by atoms with Crippen molar-refractivity contribution in [1.82, 2.24) is 5.43 Å². The molecule has 0 aliphatic carbocycles. The van der Waals surface area contributed by atoms with Gasteiger partial charge in [0.05, 0.1) is 11.0 Å². The first kappa shape index (κ1) is 15.3. The third kappa shape index (κ3) is 4.13. The quantitative estimate of drug-likeness (QED) is 0.503. The van der Waals surface area contributed by atoms with Gasteiger partial charge in [0.2, 0.25) is 5.91 Å². The molecule has 4 nitrogen and oxygen atoms in total. The van der Waals surface area contributed by atoms with Crippen molar-refractivity contribution in [3.05, 3.63) is 29.8 Å². The number of nitrogens with one attached hydrogen (secondary N) is 1. The van der Waals surface area contributed by atoms with Crippen molar-refractivity contribution in [3.63, 3.8) is 0 Å². The van der Waals surface area contributed by atoms with E-state index in [1.165, 1.54) is 12.1 Å². The molecule has 0 spiro atoms. The number of hydrogen-bond acceptors (Lipinski definition) is 3. The third-order valence-electron chi connectivity index (χ3n) is 2.51. The summed E-state index contributed by atoms with van der Waals surface area (Å²) in [5.74, 6) is 4.59. The number of amides is 1. The van der Waals surface area contributed by atoms with E-state index in [1.807, 2.05) is 5.43 Å². The second-order valence-corrected chi connectivity index (χ2v) is 4.67. The van der Waals surface area contributed by atoms with Gasteiger partial charge in [-0.05, 0) is 32.0 Å². The van der Waals surface area contributed by atoms with Crippen molar-refractivity contribution in [3.8, 4) is 5.75 Å².